The molecule has 292 valence electrons. The van der Waals surface area contributed by atoms with E-state index in [9.17, 15) is 4.79 Å². The molecule has 58 heavy (non-hydrogen) atoms. The molecule has 1 aromatic heterocycles. The second kappa shape index (κ2) is 19.1. The van der Waals surface area contributed by atoms with Gasteiger partial charge in [0.05, 0.1) is 0 Å². The summed E-state index contributed by atoms with van der Waals surface area (Å²) < 4.78 is 7.63. The van der Waals surface area contributed by atoms with Crippen LogP contribution in [0.2, 0.25) is 0 Å². The van der Waals surface area contributed by atoms with Crippen molar-refractivity contribution in [2.24, 2.45) is 5.92 Å². The molecule has 0 amide bonds. The van der Waals surface area contributed by atoms with Gasteiger partial charge < -0.3 is 20.3 Å². The number of ether oxygens (including phenoxy) is 1. The van der Waals surface area contributed by atoms with Crippen molar-refractivity contribution in [1.29, 1.82) is 0 Å². The Morgan fingerprint density at radius 3 is 1.57 bits per heavy atom. The Kier molecular flexibility index (Phi) is 13.3. The minimum Gasteiger partial charge on any atom is -0.473 e. The average molecular weight is 774 g/mol. The Morgan fingerprint density at radius 1 is 0.621 bits per heavy atom. The first-order valence-corrected chi connectivity index (χ1v) is 18.7. The first-order chi connectivity index (χ1) is 28.2. The summed E-state index contributed by atoms with van der Waals surface area (Å²) in [5.74, 6) is -3.19. The highest BCUT2D eigenvalue weighted by atomic mass is 16.5. The second-order valence-electron chi connectivity index (χ2n) is 13.8. The van der Waals surface area contributed by atoms with E-state index < -0.39 is 23.5 Å². The van der Waals surface area contributed by atoms with E-state index in [4.69, 9.17) is 34.9 Å². The van der Waals surface area contributed by atoms with Crippen molar-refractivity contribution in [3.8, 4) is 22.5 Å². The maximum Gasteiger partial charge on any atom is 0.414 e. The lowest BCUT2D eigenvalue weighted by Crippen LogP contribution is -2.41. The number of carboxylic acid groups (broad SMARTS) is 2. The number of hydrogen-bond acceptors (Lipinski definition) is 8. The molecule has 11 heteroatoms. The Morgan fingerprint density at radius 2 is 1.09 bits per heavy atom. The number of esters is 1. The highest BCUT2D eigenvalue weighted by Gasteiger charge is 2.42. The van der Waals surface area contributed by atoms with Crippen LogP contribution in [0.15, 0.2) is 170 Å². The van der Waals surface area contributed by atoms with Crippen LogP contribution < -0.4 is 5.32 Å². The van der Waals surface area contributed by atoms with Gasteiger partial charge in [0.2, 0.25) is 0 Å². The van der Waals surface area contributed by atoms with E-state index in [1.807, 2.05) is 79.2 Å². The van der Waals surface area contributed by atoms with Gasteiger partial charge >= 0.3 is 17.9 Å². The normalized spacial score (nSPS) is 11.6. The Bertz CT molecular complexity index is 2300. The predicted molar refractivity (Wildman–Crippen MR) is 220 cm³/mol. The van der Waals surface area contributed by atoms with Gasteiger partial charge in [-0.2, -0.15) is 0 Å². The maximum absolute atomic E-state index is 13.0. The van der Waals surface area contributed by atoms with E-state index in [1.165, 1.54) is 0 Å². The first-order valence-electron chi connectivity index (χ1n) is 18.7. The van der Waals surface area contributed by atoms with Gasteiger partial charge in [-0.3, -0.25) is 4.79 Å². The van der Waals surface area contributed by atoms with Crippen molar-refractivity contribution in [3.63, 3.8) is 0 Å². The predicted octanol–water partition coefficient (Wildman–Crippen LogP) is 7.86. The molecule has 0 bridgehead atoms. The van der Waals surface area contributed by atoms with Crippen LogP contribution in [0.25, 0.3) is 22.5 Å². The summed E-state index contributed by atoms with van der Waals surface area (Å²) in [6.07, 6.45) is 0. The number of carbonyl (C=O) groups excluding carboxylic acids is 1. The molecule has 0 saturated heterocycles. The number of tetrazole rings is 1. The van der Waals surface area contributed by atoms with Crippen molar-refractivity contribution < 1.29 is 29.3 Å². The maximum atomic E-state index is 13.0. The number of aromatic nitrogens is 4. The lowest BCUT2D eigenvalue weighted by Gasteiger charge is -2.36. The Labute approximate surface area is 336 Å². The monoisotopic (exact) mass is 773 g/mol. The summed E-state index contributed by atoms with van der Waals surface area (Å²) >= 11 is 0. The third-order valence-corrected chi connectivity index (χ3v) is 9.65. The quantitative estimate of drug-likeness (QED) is 0.0599. The molecule has 11 nitrogen and oxygen atoms in total. The van der Waals surface area contributed by atoms with Crippen LogP contribution in [-0.4, -0.2) is 54.4 Å². The third-order valence-electron chi connectivity index (χ3n) is 9.65. The molecule has 1 atom stereocenters. The molecule has 3 N–H and O–H groups in total. The van der Waals surface area contributed by atoms with Crippen LogP contribution in [0.5, 0.6) is 0 Å². The highest BCUT2D eigenvalue weighted by molar-refractivity contribution is 6.27. The van der Waals surface area contributed by atoms with E-state index >= 15 is 0 Å². The molecule has 0 unspecified atom stereocenters. The summed E-state index contributed by atoms with van der Waals surface area (Å²) in [6.45, 7) is 4.83. The fourth-order valence-corrected chi connectivity index (χ4v) is 6.86. The van der Waals surface area contributed by atoms with Crippen molar-refractivity contribution in [2.45, 2.75) is 38.6 Å². The van der Waals surface area contributed by atoms with E-state index in [0.717, 1.165) is 44.5 Å². The lowest BCUT2D eigenvalue weighted by molar-refractivity contribution is -0.159. The molecule has 6 aromatic carbocycles. The van der Waals surface area contributed by atoms with Gasteiger partial charge in [0.25, 0.3) is 0 Å². The fraction of sp³-hybridized carbons (Fsp3) is 0.149. The number of carboxylic acids is 2. The van der Waals surface area contributed by atoms with Crippen molar-refractivity contribution in [2.75, 3.05) is 0 Å². The molecule has 0 spiro atoms. The van der Waals surface area contributed by atoms with E-state index in [0.29, 0.717) is 12.4 Å². The fourth-order valence-electron chi connectivity index (χ4n) is 6.86. The molecule has 0 aliphatic carbocycles. The molecular weight excluding hydrogens is 731 g/mol. The van der Waals surface area contributed by atoms with Crippen molar-refractivity contribution >= 4 is 17.9 Å². The van der Waals surface area contributed by atoms with Crippen LogP contribution in [0.4, 0.5) is 0 Å². The van der Waals surface area contributed by atoms with Gasteiger partial charge in [-0.1, -0.05) is 184 Å². The summed E-state index contributed by atoms with van der Waals surface area (Å²) in [4.78, 5) is 31.2. The SMILES string of the molecule is CC(C)[C@H](NCc1ccc(-c2ccccc2-c2nnnn2C(c2ccccc2)(c2ccccc2)c2ccccc2)cc1)C(=O)OCc1ccccc1.O=C(O)C(=O)O. The minimum absolute atomic E-state index is 0.0650. The molecular formula is C47H43N5O6. The summed E-state index contributed by atoms with van der Waals surface area (Å²) in [6, 6.07) is 57.2. The van der Waals surface area contributed by atoms with Gasteiger partial charge in [-0.05, 0) is 55.3 Å². The summed E-state index contributed by atoms with van der Waals surface area (Å²) in [7, 11) is 0. The van der Waals surface area contributed by atoms with Gasteiger partial charge in [-0.15, -0.1) is 5.10 Å². The Balaban J connectivity index is 0.000000879. The van der Waals surface area contributed by atoms with Crippen LogP contribution in [-0.2, 0) is 37.8 Å². The number of rotatable bonds is 13. The third kappa shape index (κ3) is 9.23. The van der Waals surface area contributed by atoms with Crippen molar-refractivity contribution in [1.82, 2.24) is 25.5 Å². The number of benzene rings is 6. The van der Waals surface area contributed by atoms with E-state index in [2.05, 4.69) is 120 Å². The number of nitrogens with zero attached hydrogens (tertiary/aromatic N) is 4. The minimum atomic E-state index is -1.82. The highest BCUT2D eigenvalue weighted by Crippen LogP contribution is 2.43. The smallest absolute Gasteiger partial charge is 0.414 e. The lowest BCUT2D eigenvalue weighted by atomic mass is 9.77. The largest absolute Gasteiger partial charge is 0.473 e. The van der Waals surface area contributed by atoms with Gasteiger partial charge in [-0.25, -0.2) is 14.3 Å². The topological polar surface area (TPSA) is 157 Å². The molecule has 7 aromatic rings. The second-order valence-corrected chi connectivity index (χ2v) is 13.8. The Hall–Kier alpha value is -7.24. The van der Waals surface area contributed by atoms with Gasteiger partial charge in [0, 0.05) is 12.1 Å². The summed E-state index contributed by atoms with van der Waals surface area (Å²) in [5, 5.41) is 32.0. The molecule has 1 heterocycles. The van der Waals surface area contributed by atoms with Crippen LogP contribution in [0.1, 0.15) is 41.7 Å². The van der Waals surface area contributed by atoms with Gasteiger partial charge in [0.1, 0.15) is 18.2 Å². The molecule has 0 radical (unpaired) electrons. The standard InChI is InChI=1S/C45H41N5O2.C2H2O4/c1-33(2)42(44(51)52-32-35-17-7-3-8-18-35)46-31-34-27-29-36(30-28-34)40-25-15-16-26-41(40)43-47-48-49-50(43)45(37-19-9-4-10-20-37,38-21-11-5-12-22-38)39-23-13-6-14-24-39;3-1(4)2(5)6/h3-30,33,42,46H,31-32H2,1-2H3;(H,3,4)(H,5,6)/t42-;/m0./s1. The average Bonchev–Trinajstić information content (AvgIpc) is 3.75. The first kappa shape index (κ1) is 40.4. The zero-order chi connectivity index (χ0) is 40.9. The molecule has 0 saturated carbocycles. The molecule has 0 aliphatic heterocycles. The van der Waals surface area contributed by atoms with Crippen LogP contribution in [0, 0.1) is 5.92 Å². The number of aliphatic carboxylic acids is 2. The molecule has 7 rings (SSSR count). The van der Waals surface area contributed by atoms with Gasteiger partial charge in [0.15, 0.2) is 5.82 Å². The van der Waals surface area contributed by atoms with E-state index in [-0.39, 0.29) is 18.5 Å². The van der Waals surface area contributed by atoms with Crippen molar-refractivity contribution in [3.05, 3.63) is 198 Å². The molecule has 0 aliphatic rings. The number of nitrogens with one attached hydrogen (secondary N) is 1. The summed E-state index contributed by atoms with van der Waals surface area (Å²) in [5.41, 5.74) is 7.23. The zero-order valence-electron chi connectivity index (χ0n) is 32.1. The van der Waals surface area contributed by atoms with Crippen LogP contribution in [0.3, 0.4) is 0 Å². The number of carbonyl (C=O) groups is 3. The zero-order valence-corrected chi connectivity index (χ0v) is 32.1. The van der Waals surface area contributed by atoms with E-state index in [1.54, 1.807) is 0 Å². The van der Waals surface area contributed by atoms with Crippen LogP contribution >= 0.6 is 0 Å². The number of hydrogen-bond donors (Lipinski definition) is 3. The molecule has 0 fully saturated rings.